The molecule has 5 heteroatoms. The summed E-state index contributed by atoms with van der Waals surface area (Å²) in [7, 11) is 1.54. The Kier molecular flexibility index (Phi) is 3.33. The van der Waals surface area contributed by atoms with Crippen molar-refractivity contribution < 1.29 is 14.3 Å². The minimum absolute atomic E-state index is 0.313. The Labute approximate surface area is 102 Å². The SMILES string of the molecule is COc1cc(Br)ccc1OC(=O)N1CCC1. The predicted octanol–water partition coefficient (Wildman–Crippen LogP) is 2.66. The van der Waals surface area contributed by atoms with Crippen LogP contribution in [0.5, 0.6) is 11.5 Å². The van der Waals surface area contributed by atoms with E-state index >= 15 is 0 Å². The van der Waals surface area contributed by atoms with Gasteiger partial charge >= 0.3 is 6.09 Å². The molecule has 1 aromatic rings. The quantitative estimate of drug-likeness (QED) is 0.839. The molecule has 0 atom stereocenters. The van der Waals surface area contributed by atoms with E-state index < -0.39 is 0 Å². The molecule has 0 saturated carbocycles. The van der Waals surface area contributed by atoms with Gasteiger partial charge in [-0.15, -0.1) is 0 Å². The lowest BCUT2D eigenvalue weighted by Crippen LogP contribution is -2.43. The van der Waals surface area contributed by atoms with Crippen LogP contribution >= 0.6 is 15.9 Å². The summed E-state index contributed by atoms with van der Waals surface area (Å²) in [5.74, 6) is 0.992. The summed E-state index contributed by atoms with van der Waals surface area (Å²) >= 11 is 3.33. The number of carbonyl (C=O) groups is 1. The fourth-order valence-electron chi connectivity index (χ4n) is 1.38. The molecule has 1 heterocycles. The maximum atomic E-state index is 11.6. The molecule has 1 fully saturated rings. The molecule has 2 rings (SSSR count). The van der Waals surface area contributed by atoms with Gasteiger partial charge in [0.05, 0.1) is 7.11 Å². The minimum atomic E-state index is -0.313. The van der Waals surface area contributed by atoms with Crippen LogP contribution in [0.15, 0.2) is 22.7 Å². The van der Waals surface area contributed by atoms with E-state index in [0.717, 1.165) is 24.0 Å². The van der Waals surface area contributed by atoms with E-state index in [0.29, 0.717) is 11.5 Å². The zero-order valence-electron chi connectivity index (χ0n) is 8.90. The fraction of sp³-hybridized carbons (Fsp3) is 0.364. The lowest BCUT2D eigenvalue weighted by Gasteiger charge is -2.29. The zero-order chi connectivity index (χ0) is 11.5. The Morgan fingerprint density at radius 3 is 2.69 bits per heavy atom. The number of rotatable bonds is 2. The van der Waals surface area contributed by atoms with Crippen molar-refractivity contribution in [2.75, 3.05) is 20.2 Å². The van der Waals surface area contributed by atoms with Gasteiger partial charge in [0, 0.05) is 17.6 Å². The summed E-state index contributed by atoms with van der Waals surface area (Å²) < 4.78 is 11.3. The minimum Gasteiger partial charge on any atom is -0.493 e. The van der Waals surface area contributed by atoms with Gasteiger partial charge < -0.3 is 14.4 Å². The average Bonchev–Trinajstić information content (AvgIpc) is 2.18. The van der Waals surface area contributed by atoms with Gasteiger partial charge in [-0.25, -0.2) is 4.79 Å². The van der Waals surface area contributed by atoms with Crippen LogP contribution in [0, 0.1) is 0 Å². The first-order valence-corrected chi connectivity index (χ1v) is 5.80. The van der Waals surface area contributed by atoms with Gasteiger partial charge in [0.15, 0.2) is 11.5 Å². The molecule has 16 heavy (non-hydrogen) atoms. The number of carbonyl (C=O) groups excluding carboxylic acids is 1. The summed E-state index contributed by atoms with van der Waals surface area (Å²) in [6.07, 6.45) is 0.735. The number of hydrogen-bond acceptors (Lipinski definition) is 3. The maximum Gasteiger partial charge on any atom is 0.415 e. The van der Waals surface area contributed by atoms with Gasteiger partial charge in [-0.1, -0.05) is 15.9 Å². The Balaban J connectivity index is 2.10. The summed E-state index contributed by atoms with van der Waals surface area (Å²) in [6.45, 7) is 1.55. The first-order valence-electron chi connectivity index (χ1n) is 5.01. The summed E-state index contributed by atoms with van der Waals surface area (Å²) in [5, 5.41) is 0. The van der Waals surface area contributed by atoms with E-state index in [1.165, 1.54) is 0 Å². The summed E-state index contributed by atoms with van der Waals surface area (Å²) in [5.41, 5.74) is 0. The van der Waals surface area contributed by atoms with E-state index in [1.54, 1.807) is 30.2 Å². The lowest BCUT2D eigenvalue weighted by molar-refractivity contribution is 0.123. The van der Waals surface area contributed by atoms with Crippen molar-refractivity contribution in [3.05, 3.63) is 22.7 Å². The topological polar surface area (TPSA) is 38.8 Å². The molecule has 0 bridgehead atoms. The second-order valence-electron chi connectivity index (χ2n) is 3.50. The Morgan fingerprint density at radius 1 is 1.38 bits per heavy atom. The van der Waals surface area contributed by atoms with Crippen LogP contribution in [0.2, 0.25) is 0 Å². The number of benzene rings is 1. The third-order valence-electron chi connectivity index (χ3n) is 2.44. The summed E-state index contributed by atoms with van der Waals surface area (Å²) in [6, 6.07) is 5.28. The molecular formula is C11H12BrNO3. The Morgan fingerprint density at radius 2 is 2.12 bits per heavy atom. The molecule has 1 saturated heterocycles. The molecule has 0 spiro atoms. The number of ether oxygens (including phenoxy) is 2. The number of hydrogen-bond donors (Lipinski definition) is 0. The Hall–Kier alpha value is -1.23. The molecule has 0 radical (unpaired) electrons. The van der Waals surface area contributed by atoms with Crippen molar-refractivity contribution in [2.45, 2.75) is 6.42 Å². The normalized spacial score (nSPS) is 14.2. The first kappa shape index (κ1) is 11.3. The van der Waals surface area contributed by atoms with Crippen LogP contribution in [-0.2, 0) is 0 Å². The number of halogens is 1. The number of amides is 1. The van der Waals surface area contributed by atoms with E-state index in [2.05, 4.69) is 15.9 Å². The monoisotopic (exact) mass is 285 g/mol. The van der Waals surface area contributed by atoms with Gasteiger partial charge in [0.2, 0.25) is 0 Å². The highest BCUT2D eigenvalue weighted by Gasteiger charge is 2.23. The highest BCUT2D eigenvalue weighted by Crippen LogP contribution is 2.30. The molecular weight excluding hydrogens is 274 g/mol. The van der Waals surface area contributed by atoms with E-state index in [1.807, 2.05) is 0 Å². The molecule has 4 nitrogen and oxygen atoms in total. The zero-order valence-corrected chi connectivity index (χ0v) is 10.5. The number of nitrogens with zero attached hydrogens (tertiary/aromatic N) is 1. The number of methoxy groups -OCH3 is 1. The third kappa shape index (κ3) is 2.29. The highest BCUT2D eigenvalue weighted by molar-refractivity contribution is 9.10. The first-order chi connectivity index (χ1) is 7.70. The molecule has 1 aliphatic rings. The smallest absolute Gasteiger partial charge is 0.415 e. The van der Waals surface area contributed by atoms with E-state index in [-0.39, 0.29) is 6.09 Å². The van der Waals surface area contributed by atoms with Crippen molar-refractivity contribution >= 4 is 22.0 Å². The predicted molar refractivity (Wildman–Crippen MR) is 62.9 cm³/mol. The molecule has 86 valence electrons. The molecule has 1 amide bonds. The Bertz CT molecular complexity index is 404. The average molecular weight is 286 g/mol. The molecule has 0 unspecified atom stereocenters. The van der Waals surface area contributed by atoms with Gasteiger partial charge in [-0.3, -0.25) is 0 Å². The highest BCUT2D eigenvalue weighted by atomic mass is 79.9. The molecule has 0 aromatic heterocycles. The number of likely N-dealkylation sites (tertiary alicyclic amines) is 1. The lowest BCUT2D eigenvalue weighted by atomic mass is 10.2. The van der Waals surface area contributed by atoms with Crippen molar-refractivity contribution in [3.8, 4) is 11.5 Å². The van der Waals surface area contributed by atoms with Crippen LogP contribution in [-0.4, -0.2) is 31.2 Å². The fourth-order valence-corrected chi connectivity index (χ4v) is 1.72. The van der Waals surface area contributed by atoms with Gasteiger partial charge in [-0.2, -0.15) is 0 Å². The molecule has 0 N–H and O–H groups in total. The van der Waals surface area contributed by atoms with E-state index in [9.17, 15) is 4.79 Å². The largest absolute Gasteiger partial charge is 0.493 e. The van der Waals surface area contributed by atoms with Crippen molar-refractivity contribution in [3.63, 3.8) is 0 Å². The maximum absolute atomic E-state index is 11.6. The standard InChI is InChI=1S/C11H12BrNO3/c1-15-10-7-8(12)3-4-9(10)16-11(14)13-5-2-6-13/h3-4,7H,2,5-6H2,1H3. The van der Waals surface area contributed by atoms with Crippen LogP contribution in [0.25, 0.3) is 0 Å². The third-order valence-corrected chi connectivity index (χ3v) is 2.93. The van der Waals surface area contributed by atoms with Crippen LogP contribution in [0.3, 0.4) is 0 Å². The second-order valence-corrected chi connectivity index (χ2v) is 4.42. The van der Waals surface area contributed by atoms with E-state index in [4.69, 9.17) is 9.47 Å². The molecule has 0 aliphatic carbocycles. The van der Waals surface area contributed by atoms with Crippen LogP contribution < -0.4 is 9.47 Å². The van der Waals surface area contributed by atoms with Crippen molar-refractivity contribution in [1.82, 2.24) is 4.90 Å². The molecule has 1 aliphatic heterocycles. The van der Waals surface area contributed by atoms with Crippen LogP contribution in [0.1, 0.15) is 6.42 Å². The van der Waals surface area contributed by atoms with Crippen molar-refractivity contribution in [1.29, 1.82) is 0 Å². The second kappa shape index (κ2) is 4.74. The molecule has 1 aromatic carbocycles. The van der Waals surface area contributed by atoms with Crippen LogP contribution in [0.4, 0.5) is 4.79 Å². The van der Waals surface area contributed by atoms with Crippen molar-refractivity contribution in [2.24, 2.45) is 0 Å². The van der Waals surface area contributed by atoms with Gasteiger partial charge in [0.1, 0.15) is 0 Å². The van der Waals surface area contributed by atoms with Gasteiger partial charge in [-0.05, 0) is 24.6 Å². The summed E-state index contributed by atoms with van der Waals surface area (Å²) in [4.78, 5) is 13.2. The van der Waals surface area contributed by atoms with Gasteiger partial charge in [0.25, 0.3) is 0 Å².